The van der Waals surface area contributed by atoms with Crippen LogP contribution in [0.2, 0.25) is 0 Å². The van der Waals surface area contributed by atoms with E-state index in [-0.39, 0.29) is 5.54 Å². The lowest BCUT2D eigenvalue weighted by molar-refractivity contribution is 0.0373. The molecule has 0 heterocycles. The van der Waals surface area contributed by atoms with E-state index in [2.05, 4.69) is 24.1 Å². The molecule has 3 nitrogen and oxygen atoms in total. The second-order valence-corrected chi connectivity index (χ2v) is 5.19. The number of hydrogen-bond donors (Lipinski definition) is 1. The molecule has 0 rings (SSSR count). The molecule has 1 N–H and O–H groups in total. The third kappa shape index (κ3) is 7.91. The van der Waals surface area contributed by atoms with E-state index in [9.17, 15) is 5.11 Å². The number of nitrogens with zero attached hydrogens (tertiary/aromatic N) is 2. The van der Waals surface area contributed by atoms with Crippen LogP contribution in [-0.2, 0) is 0 Å². The van der Waals surface area contributed by atoms with Gasteiger partial charge in [-0.3, -0.25) is 0 Å². The summed E-state index contributed by atoms with van der Waals surface area (Å²) < 4.78 is 0. The van der Waals surface area contributed by atoms with Crippen molar-refractivity contribution in [3.05, 3.63) is 0 Å². The van der Waals surface area contributed by atoms with Crippen molar-refractivity contribution in [1.29, 1.82) is 0 Å². The molecule has 0 aliphatic rings. The number of rotatable bonds is 3. The predicted molar refractivity (Wildman–Crippen MR) is 54.7 cm³/mol. The molecule has 0 aliphatic heterocycles. The van der Waals surface area contributed by atoms with Gasteiger partial charge in [-0.25, -0.2) is 0 Å². The Bertz CT molecular complexity index is 178. The fourth-order valence-corrected chi connectivity index (χ4v) is 1.07. The molecule has 0 saturated carbocycles. The van der Waals surface area contributed by atoms with Crippen LogP contribution >= 0.6 is 0 Å². The molecule has 3 heteroatoms. The Hall–Kier alpha value is -0.440. The number of hydrogen-bond acceptors (Lipinski definition) is 3. The van der Waals surface area contributed by atoms with Gasteiger partial charge in [-0.15, -0.1) is 0 Å². The summed E-state index contributed by atoms with van der Waals surface area (Å²) in [5, 5.41) is 17.8. The second-order valence-electron chi connectivity index (χ2n) is 5.19. The van der Waals surface area contributed by atoms with Crippen molar-refractivity contribution in [3.8, 4) is 0 Å². The highest BCUT2D eigenvalue weighted by molar-refractivity contribution is 4.73. The van der Waals surface area contributed by atoms with Crippen molar-refractivity contribution in [2.45, 2.75) is 59.2 Å². The minimum atomic E-state index is -1.01. The van der Waals surface area contributed by atoms with Crippen LogP contribution < -0.4 is 0 Å². The molecular weight excluding hydrogens is 164 g/mol. The summed E-state index contributed by atoms with van der Waals surface area (Å²) in [6.07, 6.45) is 0.645. The van der Waals surface area contributed by atoms with Crippen molar-refractivity contribution < 1.29 is 5.11 Å². The van der Waals surface area contributed by atoms with Gasteiger partial charge in [0.15, 0.2) is 5.72 Å². The fraction of sp³-hybridized carbons (Fsp3) is 1.00. The summed E-state index contributed by atoms with van der Waals surface area (Å²) in [5.41, 5.74) is -1.22. The molecule has 13 heavy (non-hydrogen) atoms. The van der Waals surface area contributed by atoms with Gasteiger partial charge in [-0.05, 0) is 33.6 Å². The van der Waals surface area contributed by atoms with Gasteiger partial charge in [-0.1, -0.05) is 13.8 Å². The van der Waals surface area contributed by atoms with Crippen LogP contribution in [0.5, 0.6) is 0 Å². The van der Waals surface area contributed by atoms with Gasteiger partial charge in [0.25, 0.3) is 0 Å². The Morgan fingerprint density at radius 2 is 1.54 bits per heavy atom. The average Bonchev–Trinajstić information content (AvgIpc) is 1.79. The highest BCUT2D eigenvalue weighted by atomic mass is 16.3. The lowest BCUT2D eigenvalue weighted by Gasteiger charge is -2.21. The van der Waals surface area contributed by atoms with Crippen molar-refractivity contribution in [2.75, 3.05) is 0 Å². The Kier molecular flexibility index (Phi) is 4.04. The molecule has 0 spiro atoms. The maximum Gasteiger partial charge on any atom is 0.173 e. The number of azo groups is 1. The zero-order valence-corrected chi connectivity index (χ0v) is 9.63. The van der Waals surface area contributed by atoms with E-state index < -0.39 is 5.72 Å². The van der Waals surface area contributed by atoms with Gasteiger partial charge in [0.05, 0.1) is 5.54 Å². The summed E-state index contributed by atoms with van der Waals surface area (Å²) in [5.74, 6) is 0.425. The maximum absolute atomic E-state index is 9.79. The van der Waals surface area contributed by atoms with Gasteiger partial charge in [-0.2, -0.15) is 10.2 Å². The molecule has 0 fully saturated rings. The predicted octanol–water partition coefficient (Wildman–Crippen LogP) is 2.99. The molecule has 0 bridgehead atoms. The quantitative estimate of drug-likeness (QED) is 0.676. The zero-order valence-electron chi connectivity index (χ0n) is 9.63. The molecule has 0 saturated heterocycles. The Balaban J connectivity index is 4.24. The SMILES string of the molecule is CC(C)CC(C)(O)N=NC(C)(C)C. The Morgan fingerprint density at radius 3 is 1.85 bits per heavy atom. The van der Waals surface area contributed by atoms with Gasteiger partial charge in [0.2, 0.25) is 0 Å². The van der Waals surface area contributed by atoms with Crippen LogP contribution in [0.25, 0.3) is 0 Å². The van der Waals surface area contributed by atoms with Crippen LogP contribution in [0, 0.1) is 5.92 Å². The highest BCUT2D eigenvalue weighted by Gasteiger charge is 2.21. The lowest BCUT2D eigenvalue weighted by atomic mass is 10.0. The van der Waals surface area contributed by atoms with E-state index >= 15 is 0 Å². The molecule has 0 aliphatic carbocycles. The van der Waals surface area contributed by atoms with Crippen molar-refractivity contribution in [3.63, 3.8) is 0 Å². The summed E-state index contributed by atoms with van der Waals surface area (Å²) in [7, 11) is 0. The molecule has 1 atom stereocenters. The Morgan fingerprint density at radius 1 is 1.08 bits per heavy atom. The first kappa shape index (κ1) is 12.6. The van der Waals surface area contributed by atoms with Gasteiger partial charge in [0, 0.05) is 6.42 Å². The smallest absolute Gasteiger partial charge is 0.173 e. The van der Waals surface area contributed by atoms with E-state index in [1.165, 1.54) is 0 Å². The normalized spacial score (nSPS) is 18.2. The fourth-order valence-electron chi connectivity index (χ4n) is 1.07. The summed E-state index contributed by atoms with van der Waals surface area (Å²) in [6, 6.07) is 0. The van der Waals surface area contributed by atoms with Crippen LogP contribution in [0.4, 0.5) is 0 Å². The van der Waals surface area contributed by atoms with Crippen LogP contribution in [0.15, 0.2) is 10.2 Å². The molecular formula is C10H22N2O. The van der Waals surface area contributed by atoms with E-state index in [0.29, 0.717) is 12.3 Å². The topological polar surface area (TPSA) is 45.0 Å². The van der Waals surface area contributed by atoms with Crippen molar-refractivity contribution in [1.82, 2.24) is 0 Å². The van der Waals surface area contributed by atoms with Crippen LogP contribution in [0.3, 0.4) is 0 Å². The summed E-state index contributed by atoms with van der Waals surface area (Å²) in [4.78, 5) is 0. The number of aliphatic hydroxyl groups is 1. The molecule has 0 amide bonds. The lowest BCUT2D eigenvalue weighted by Crippen LogP contribution is -2.24. The van der Waals surface area contributed by atoms with E-state index in [1.807, 2.05) is 20.8 Å². The molecule has 0 aromatic rings. The first-order chi connectivity index (χ1) is 5.62. The first-order valence-corrected chi connectivity index (χ1v) is 4.79. The van der Waals surface area contributed by atoms with Gasteiger partial charge >= 0.3 is 0 Å². The van der Waals surface area contributed by atoms with Crippen LogP contribution in [0.1, 0.15) is 48.0 Å². The van der Waals surface area contributed by atoms with Crippen molar-refractivity contribution >= 4 is 0 Å². The van der Waals surface area contributed by atoms with Gasteiger partial charge in [0.1, 0.15) is 0 Å². The first-order valence-electron chi connectivity index (χ1n) is 4.79. The van der Waals surface area contributed by atoms with E-state index in [0.717, 1.165) is 0 Å². The maximum atomic E-state index is 9.79. The molecule has 1 unspecified atom stereocenters. The minimum absolute atomic E-state index is 0.207. The monoisotopic (exact) mass is 186 g/mol. The van der Waals surface area contributed by atoms with Crippen molar-refractivity contribution in [2.24, 2.45) is 16.1 Å². The molecule has 0 aromatic carbocycles. The third-order valence-corrected chi connectivity index (χ3v) is 1.36. The Labute approximate surface area is 81.3 Å². The highest BCUT2D eigenvalue weighted by Crippen LogP contribution is 2.20. The summed E-state index contributed by atoms with van der Waals surface area (Å²) >= 11 is 0. The molecule has 78 valence electrons. The standard InChI is InChI=1S/C10H22N2O/c1-8(2)7-10(6,13)12-11-9(3,4)5/h8,13H,7H2,1-6H3. The minimum Gasteiger partial charge on any atom is -0.368 e. The van der Waals surface area contributed by atoms with Crippen LogP contribution in [-0.4, -0.2) is 16.4 Å². The zero-order chi connectivity index (χ0) is 10.7. The second kappa shape index (κ2) is 4.18. The van der Waals surface area contributed by atoms with E-state index in [1.54, 1.807) is 6.92 Å². The molecule has 0 radical (unpaired) electrons. The average molecular weight is 186 g/mol. The molecule has 0 aromatic heterocycles. The largest absolute Gasteiger partial charge is 0.368 e. The van der Waals surface area contributed by atoms with E-state index in [4.69, 9.17) is 0 Å². The third-order valence-electron chi connectivity index (χ3n) is 1.36. The van der Waals surface area contributed by atoms with Gasteiger partial charge < -0.3 is 5.11 Å². The summed E-state index contributed by atoms with van der Waals surface area (Å²) in [6.45, 7) is 11.7.